The minimum absolute atomic E-state index is 0.349. The van der Waals surface area contributed by atoms with Gasteiger partial charge in [0, 0.05) is 6.54 Å². The van der Waals surface area contributed by atoms with Gasteiger partial charge < -0.3 is 15.4 Å². The lowest BCUT2D eigenvalue weighted by atomic mass is 10.1. The van der Waals surface area contributed by atoms with E-state index in [4.69, 9.17) is 16.3 Å². The van der Waals surface area contributed by atoms with Gasteiger partial charge in [-0.05, 0) is 36.2 Å². The fourth-order valence-electron chi connectivity index (χ4n) is 1.97. The van der Waals surface area contributed by atoms with E-state index in [1.807, 2.05) is 24.3 Å². The molecule has 5 nitrogen and oxygen atoms in total. The molecule has 2 aromatic rings. The summed E-state index contributed by atoms with van der Waals surface area (Å²) in [5.74, 6) is -0.693. The van der Waals surface area contributed by atoms with Crippen LogP contribution in [0.1, 0.15) is 5.56 Å². The van der Waals surface area contributed by atoms with E-state index in [0.29, 0.717) is 23.7 Å². The highest BCUT2D eigenvalue weighted by Gasteiger charge is 2.14. The highest BCUT2D eigenvalue weighted by Crippen LogP contribution is 2.20. The number of ether oxygens (including phenoxy) is 1. The highest BCUT2D eigenvalue weighted by molar-refractivity contribution is 6.41. The Hall–Kier alpha value is -2.53. The molecule has 0 saturated heterocycles. The highest BCUT2D eigenvalue weighted by atomic mass is 35.5. The minimum Gasteiger partial charge on any atom is -0.497 e. The van der Waals surface area contributed by atoms with Crippen LogP contribution in [0.25, 0.3) is 0 Å². The first-order valence-corrected chi connectivity index (χ1v) is 7.44. The molecule has 0 spiro atoms. The number of anilines is 1. The largest absolute Gasteiger partial charge is 0.497 e. The van der Waals surface area contributed by atoms with Crippen molar-refractivity contribution in [3.8, 4) is 5.75 Å². The van der Waals surface area contributed by atoms with Gasteiger partial charge in [0.1, 0.15) is 5.75 Å². The molecule has 0 saturated carbocycles. The van der Waals surface area contributed by atoms with Crippen LogP contribution >= 0.6 is 11.6 Å². The number of carbonyl (C=O) groups excluding carboxylic acids is 2. The molecule has 0 aliphatic carbocycles. The molecule has 0 aromatic heterocycles. The van der Waals surface area contributed by atoms with E-state index in [2.05, 4.69) is 10.6 Å². The molecule has 0 radical (unpaired) electrons. The lowest BCUT2D eigenvalue weighted by Gasteiger charge is -2.08. The molecule has 0 bridgehead atoms. The summed E-state index contributed by atoms with van der Waals surface area (Å²) >= 11 is 5.93. The third kappa shape index (κ3) is 5.00. The molecule has 0 fully saturated rings. The summed E-state index contributed by atoms with van der Waals surface area (Å²) in [5.41, 5.74) is 1.42. The van der Waals surface area contributed by atoms with Crippen molar-refractivity contribution in [2.24, 2.45) is 0 Å². The predicted octanol–water partition coefficient (Wildman–Crippen LogP) is 2.65. The lowest BCUT2D eigenvalue weighted by Crippen LogP contribution is -2.36. The summed E-state index contributed by atoms with van der Waals surface area (Å²) in [5, 5.41) is 5.43. The number of amides is 2. The molecule has 23 heavy (non-hydrogen) atoms. The molecule has 2 amide bonds. The zero-order valence-corrected chi connectivity index (χ0v) is 13.4. The average molecular weight is 333 g/mol. The minimum atomic E-state index is -0.747. The second-order valence-electron chi connectivity index (χ2n) is 4.79. The third-order valence-electron chi connectivity index (χ3n) is 3.16. The number of benzene rings is 2. The summed E-state index contributed by atoms with van der Waals surface area (Å²) < 4.78 is 5.13. The number of rotatable bonds is 5. The first-order valence-electron chi connectivity index (χ1n) is 7.07. The van der Waals surface area contributed by atoms with Gasteiger partial charge in [0.25, 0.3) is 0 Å². The maximum Gasteiger partial charge on any atom is 0.313 e. The van der Waals surface area contributed by atoms with Gasteiger partial charge in [-0.2, -0.15) is 0 Å². The number of carbonyl (C=O) groups is 2. The Morgan fingerprint density at radius 1 is 1.09 bits per heavy atom. The van der Waals surface area contributed by atoms with Crippen LogP contribution in [0.2, 0.25) is 5.02 Å². The Balaban J connectivity index is 1.82. The van der Waals surface area contributed by atoms with Crippen LogP contribution < -0.4 is 15.4 Å². The Labute approximate surface area is 139 Å². The summed E-state index contributed by atoms with van der Waals surface area (Å²) in [6, 6.07) is 14.3. The molecule has 2 aromatic carbocycles. The fraction of sp³-hybridized carbons (Fsp3) is 0.176. The van der Waals surface area contributed by atoms with E-state index < -0.39 is 11.8 Å². The molecule has 0 heterocycles. The Morgan fingerprint density at radius 2 is 1.87 bits per heavy atom. The summed E-state index contributed by atoms with van der Waals surface area (Å²) in [6.45, 7) is 0.349. The number of hydrogen-bond donors (Lipinski definition) is 2. The first-order chi connectivity index (χ1) is 11.1. The lowest BCUT2D eigenvalue weighted by molar-refractivity contribution is -0.136. The van der Waals surface area contributed by atoms with Crippen molar-refractivity contribution in [1.82, 2.24) is 5.32 Å². The number of para-hydroxylation sites is 1. The van der Waals surface area contributed by atoms with Crippen LogP contribution in [0.5, 0.6) is 5.75 Å². The number of halogens is 1. The van der Waals surface area contributed by atoms with Gasteiger partial charge in [0.05, 0.1) is 17.8 Å². The maximum absolute atomic E-state index is 11.8. The predicted molar refractivity (Wildman–Crippen MR) is 89.8 cm³/mol. The molecular formula is C17H17ClN2O3. The van der Waals surface area contributed by atoms with Crippen molar-refractivity contribution in [3.05, 3.63) is 59.1 Å². The number of hydrogen-bond acceptors (Lipinski definition) is 3. The molecular weight excluding hydrogens is 316 g/mol. The SMILES string of the molecule is COc1cccc(CCNC(=O)C(=O)Nc2ccccc2Cl)c1. The number of nitrogens with one attached hydrogen (secondary N) is 2. The molecule has 0 atom stereocenters. The molecule has 0 aliphatic heterocycles. The quantitative estimate of drug-likeness (QED) is 0.827. The Morgan fingerprint density at radius 3 is 2.61 bits per heavy atom. The van der Waals surface area contributed by atoms with Crippen molar-refractivity contribution in [3.63, 3.8) is 0 Å². The van der Waals surface area contributed by atoms with E-state index in [0.717, 1.165) is 11.3 Å². The van der Waals surface area contributed by atoms with Gasteiger partial charge in [-0.15, -0.1) is 0 Å². The first kappa shape index (κ1) is 16.8. The summed E-state index contributed by atoms with van der Waals surface area (Å²) in [7, 11) is 1.60. The summed E-state index contributed by atoms with van der Waals surface area (Å²) in [4.78, 5) is 23.6. The van der Waals surface area contributed by atoms with Crippen LogP contribution in [0.15, 0.2) is 48.5 Å². The van der Waals surface area contributed by atoms with Crippen molar-refractivity contribution in [1.29, 1.82) is 0 Å². The maximum atomic E-state index is 11.8. The van der Waals surface area contributed by atoms with Crippen molar-refractivity contribution in [2.45, 2.75) is 6.42 Å². The van der Waals surface area contributed by atoms with Crippen LogP contribution in [0, 0.1) is 0 Å². The molecule has 120 valence electrons. The van der Waals surface area contributed by atoms with E-state index in [1.165, 1.54) is 0 Å². The van der Waals surface area contributed by atoms with Crippen molar-refractivity contribution >= 4 is 29.1 Å². The Kier molecular flexibility index (Phi) is 6.00. The summed E-state index contributed by atoms with van der Waals surface area (Å²) in [6.07, 6.45) is 0.600. The smallest absolute Gasteiger partial charge is 0.313 e. The monoisotopic (exact) mass is 332 g/mol. The molecule has 0 aliphatic rings. The van der Waals surface area contributed by atoms with E-state index in [1.54, 1.807) is 31.4 Å². The third-order valence-corrected chi connectivity index (χ3v) is 3.49. The topological polar surface area (TPSA) is 67.4 Å². The fourth-order valence-corrected chi connectivity index (χ4v) is 2.15. The van der Waals surface area contributed by atoms with Gasteiger partial charge in [-0.1, -0.05) is 35.9 Å². The van der Waals surface area contributed by atoms with Crippen LogP contribution in [-0.4, -0.2) is 25.5 Å². The molecule has 6 heteroatoms. The van der Waals surface area contributed by atoms with Crippen LogP contribution in [0.3, 0.4) is 0 Å². The average Bonchev–Trinajstić information content (AvgIpc) is 2.57. The van der Waals surface area contributed by atoms with Gasteiger partial charge in [-0.3, -0.25) is 9.59 Å². The van der Waals surface area contributed by atoms with E-state index in [9.17, 15) is 9.59 Å². The standard InChI is InChI=1S/C17H17ClN2O3/c1-23-13-6-4-5-12(11-13)9-10-19-16(21)17(22)20-15-8-3-2-7-14(15)18/h2-8,11H,9-10H2,1H3,(H,19,21)(H,20,22). The van der Waals surface area contributed by atoms with E-state index in [-0.39, 0.29) is 0 Å². The van der Waals surface area contributed by atoms with Gasteiger partial charge >= 0.3 is 11.8 Å². The second kappa shape index (κ2) is 8.19. The van der Waals surface area contributed by atoms with E-state index >= 15 is 0 Å². The van der Waals surface area contributed by atoms with Gasteiger partial charge in [0.15, 0.2) is 0 Å². The van der Waals surface area contributed by atoms with Crippen LogP contribution in [-0.2, 0) is 16.0 Å². The van der Waals surface area contributed by atoms with Crippen LogP contribution in [0.4, 0.5) is 5.69 Å². The zero-order chi connectivity index (χ0) is 16.7. The second-order valence-corrected chi connectivity index (χ2v) is 5.20. The van der Waals surface area contributed by atoms with Crippen molar-refractivity contribution in [2.75, 3.05) is 19.0 Å². The Bertz CT molecular complexity index is 704. The molecule has 0 unspecified atom stereocenters. The molecule has 2 N–H and O–H groups in total. The van der Waals surface area contributed by atoms with Crippen molar-refractivity contribution < 1.29 is 14.3 Å². The van der Waals surface area contributed by atoms with Gasteiger partial charge in [-0.25, -0.2) is 0 Å². The molecule has 2 rings (SSSR count). The van der Waals surface area contributed by atoms with Gasteiger partial charge in [0.2, 0.25) is 0 Å². The normalized spacial score (nSPS) is 10.0. The number of methoxy groups -OCH3 is 1. The zero-order valence-electron chi connectivity index (χ0n) is 12.6.